The first-order valence-electron chi connectivity index (χ1n) is 4.82. The Morgan fingerprint density at radius 2 is 2.06 bits per heavy atom. The number of aryl methyl sites for hydroxylation is 1. The molecule has 2 rings (SSSR count). The predicted octanol–water partition coefficient (Wildman–Crippen LogP) is 3.68. The molecule has 0 saturated carbocycles. The molecule has 0 aliphatic rings. The second kappa shape index (κ2) is 4.53. The van der Waals surface area contributed by atoms with Crippen LogP contribution in [0.2, 0.25) is 5.02 Å². The maximum Gasteiger partial charge on any atom is 0.435 e. The number of rotatable bonds is 2. The summed E-state index contributed by atoms with van der Waals surface area (Å²) >= 11 is 5.71. The van der Waals surface area contributed by atoms with Crippen LogP contribution in [0.4, 0.5) is 13.2 Å². The van der Waals surface area contributed by atoms with Gasteiger partial charge in [-0.25, -0.2) is 4.68 Å². The van der Waals surface area contributed by atoms with Crippen molar-refractivity contribution in [3.05, 3.63) is 41.0 Å². The van der Waals surface area contributed by atoms with Gasteiger partial charge >= 0.3 is 6.18 Å². The lowest BCUT2D eigenvalue weighted by molar-refractivity contribution is -0.141. The Kier molecular flexibility index (Phi) is 3.21. The Morgan fingerprint density at radius 1 is 1.33 bits per heavy atom. The number of hydrogen-bond donors (Lipinski definition) is 0. The first kappa shape index (κ1) is 12.8. The zero-order valence-corrected chi connectivity index (χ0v) is 9.88. The number of alkyl halides is 3. The van der Waals surface area contributed by atoms with Crippen LogP contribution in [0.3, 0.4) is 0 Å². The van der Waals surface area contributed by atoms with Gasteiger partial charge in [0.2, 0.25) is 5.88 Å². The highest BCUT2D eigenvalue weighted by Crippen LogP contribution is 2.32. The Morgan fingerprint density at radius 3 is 2.61 bits per heavy atom. The van der Waals surface area contributed by atoms with Crippen molar-refractivity contribution in [1.82, 2.24) is 9.78 Å². The van der Waals surface area contributed by atoms with Gasteiger partial charge in [-0.3, -0.25) is 0 Å². The molecule has 3 nitrogen and oxygen atoms in total. The van der Waals surface area contributed by atoms with Crippen molar-refractivity contribution in [2.45, 2.75) is 6.18 Å². The maximum atomic E-state index is 12.4. The van der Waals surface area contributed by atoms with E-state index < -0.39 is 11.9 Å². The molecule has 1 radical (unpaired) electrons. The fourth-order valence-corrected chi connectivity index (χ4v) is 1.46. The van der Waals surface area contributed by atoms with Gasteiger partial charge in [-0.1, -0.05) is 11.6 Å². The summed E-state index contributed by atoms with van der Waals surface area (Å²) in [5.41, 5.74) is -1.01. The van der Waals surface area contributed by atoms with Crippen molar-refractivity contribution in [1.29, 1.82) is 0 Å². The van der Waals surface area contributed by atoms with E-state index in [0.29, 0.717) is 10.8 Å². The van der Waals surface area contributed by atoms with E-state index in [-0.39, 0.29) is 5.88 Å². The van der Waals surface area contributed by atoms with Crippen molar-refractivity contribution >= 4 is 11.6 Å². The molecule has 0 amide bonds. The molecule has 0 N–H and O–H groups in total. The Bertz CT molecular complexity index is 566. The molecule has 2 aromatic rings. The van der Waals surface area contributed by atoms with Crippen LogP contribution in [0.15, 0.2) is 24.3 Å². The summed E-state index contributed by atoms with van der Waals surface area (Å²) in [7, 11) is 1.36. The zero-order valence-electron chi connectivity index (χ0n) is 9.12. The lowest BCUT2D eigenvalue weighted by atomic mass is 10.3. The minimum atomic E-state index is -4.50. The maximum absolute atomic E-state index is 12.4. The minimum Gasteiger partial charge on any atom is -0.439 e. The number of halogens is 4. The highest BCUT2D eigenvalue weighted by molar-refractivity contribution is 6.30. The SMILES string of the molecule is Cn1nc(C(F)(F)F)cc1Oc1c[c]cc(Cl)c1. The van der Waals surface area contributed by atoms with Crippen LogP contribution in [0, 0.1) is 6.07 Å². The van der Waals surface area contributed by atoms with Gasteiger partial charge < -0.3 is 4.74 Å². The normalized spacial score (nSPS) is 11.6. The first-order chi connectivity index (χ1) is 8.36. The van der Waals surface area contributed by atoms with Crippen LogP contribution in [0.1, 0.15) is 5.69 Å². The molecule has 7 heteroatoms. The Balaban J connectivity index is 2.27. The summed E-state index contributed by atoms with van der Waals surface area (Å²) in [5.74, 6) is 0.261. The quantitative estimate of drug-likeness (QED) is 0.836. The highest BCUT2D eigenvalue weighted by atomic mass is 35.5. The second-order valence-electron chi connectivity index (χ2n) is 3.48. The average Bonchev–Trinajstić information content (AvgIpc) is 2.60. The van der Waals surface area contributed by atoms with Crippen LogP contribution < -0.4 is 4.74 Å². The van der Waals surface area contributed by atoms with Crippen molar-refractivity contribution in [3.63, 3.8) is 0 Å². The van der Waals surface area contributed by atoms with Crippen LogP contribution in [-0.4, -0.2) is 9.78 Å². The summed E-state index contributed by atoms with van der Waals surface area (Å²) in [6.07, 6.45) is -4.50. The number of hydrogen-bond acceptors (Lipinski definition) is 2. The Hall–Kier alpha value is -1.69. The summed E-state index contributed by atoms with van der Waals surface area (Å²) in [5, 5.41) is 3.70. The molecule has 1 aromatic heterocycles. The molecule has 18 heavy (non-hydrogen) atoms. The molecule has 0 bridgehead atoms. The van der Waals surface area contributed by atoms with Crippen molar-refractivity contribution in [2.24, 2.45) is 7.05 Å². The molecule has 0 saturated heterocycles. The van der Waals surface area contributed by atoms with E-state index in [1.807, 2.05) is 0 Å². The van der Waals surface area contributed by atoms with Gasteiger partial charge in [-0.2, -0.15) is 18.3 Å². The third-order valence-corrected chi connectivity index (χ3v) is 2.29. The van der Waals surface area contributed by atoms with Gasteiger partial charge in [0.1, 0.15) is 5.75 Å². The monoisotopic (exact) mass is 275 g/mol. The van der Waals surface area contributed by atoms with E-state index in [4.69, 9.17) is 16.3 Å². The minimum absolute atomic E-state index is 0.0296. The highest BCUT2D eigenvalue weighted by Gasteiger charge is 2.35. The summed E-state index contributed by atoms with van der Waals surface area (Å²) in [4.78, 5) is 0. The first-order valence-corrected chi connectivity index (χ1v) is 5.20. The van der Waals surface area contributed by atoms with Crippen molar-refractivity contribution in [2.75, 3.05) is 0 Å². The van der Waals surface area contributed by atoms with Gasteiger partial charge in [0.05, 0.1) is 0 Å². The van der Waals surface area contributed by atoms with E-state index in [0.717, 1.165) is 10.7 Å². The predicted molar refractivity (Wildman–Crippen MR) is 58.6 cm³/mol. The summed E-state index contributed by atoms with van der Waals surface area (Å²) < 4.78 is 43.5. The fraction of sp³-hybridized carbons (Fsp3) is 0.182. The molecule has 0 atom stereocenters. The molecule has 0 aliphatic heterocycles. The summed E-state index contributed by atoms with van der Waals surface area (Å²) in [6, 6.07) is 7.97. The van der Waals surface area contributed by atoms with E-state index in [1.165, 1.54) is 25.2 Å². The average molecular weight is 276 g/mol. The second-order valence-corrected chi connectivity index (χ2v) is 3.91. The Labute approximate surface area is 106 Å². The zero-order chi connectivity index (χ0) is 13.3. The largest absolute Gasteiger partial charge is 0.439 e. The van der Waals surface area contributed by atoms with Crippen LogP contribution in [0.5, 0.6) is 11.6 Å². The van der Waals surface area contributed by atoms with Crippen LogP contribution in [-0.2, 0) is 13.2 Å². The number of nitrogens with zero attached hydrogens (tertiary/aromatic N) is 2. The topological polar surface area (TPSA) is 27.1 Å². The van der Waals surface area contributed by atoms with Gasteiger partial charge in [0, 0.05) is 18.1 Å². The molecular weight excluding hydrogens is 269 g/mol. The molecule has 0 spiro atoms. The van der Waals surface area contributed by atoms with E-state index >= 15 is 0 Å². The van der Waals surface area contributed by atoms with Gasteiger partial charge in [-0.05, 0) is 24.3 Å². The van der Waals surface area contributed by atoms with Crippen molar-refractivity contribution < 1.29 is 17.9 Å². The molecule has 95 valence electrons. The van der Waals surface area contributed by atoms with Crippen LogP contribution in [0.25, 0.3) is 0 Å². The lowest BCUT2D eigenvalue weighted by Crippen LogP contribution is -2.06. The number of benzene rings is 1. The van der Waals surface area contributed by atoms with Gasteiger partial charge in [0.25, 0.3) is 0 Å². The molecule has 0 unspecified atom stereocenters. The van der Waals surface area contributed by atoms with Gasteiger partial charge in [0.15, 0.2) is 5.69 Å². The van der Waals surface area contributed by atoms with E-state index in [1.54, 1.807) is 0 Å². The fourth-order valence-electron chi connectivity index (χ4n) is 1.29. The third-order valence-electron chi connectivity index (χ3n) is 2.08. The molecule has 1 aromatic carbocycles. The molecule has 0 fully saturated rings. The van der Waals surface area contributed by atoms with Gasteiger partial charge in [-0.15, -0.1) is 0 Å². The van der Waals surface area contributed by atoms with Crippen molar-refractivity contribution in [3.8, 4) is 11.6 Å². The number of ether oxygens (including phenoxy) is 1. The lowest BCUT2D eigenvalue weighted by Gasteiger charge is -2.04. The summed E-state index contributed by atoms with van der Waals surface area (Å²) in [6.45, 7) is 0. The molecule has 0 aliphatic carbocycles. The third kappa shape index (κ3) is 2.76. The van der Waals surface area contributed by atoms with E-state index in [9.17, 15) is 13.2 Å². The smallest absolute Gasteiger partial charge is 0.435 e. The number of aromatic nitrogens is 2. The van der Waals surface area contributed by atoms with E-state index in [2.05, 4.69) is 11.2 Å². The molecule has 1 heterocycles. The molecular formula is C11H7ClF3N2O. The van der Waals surface area contributed by atoms with Crippen LogP contribution >= 0.6 is 11.6 Å². The standard InChI is InChI=1S/C11H7ClF3N2O/c1-17-10(6-9(16-17)11(13,14)15)18-8-4-2-3-7(12)5-8/h3-6H,1H3.